The molecular weight excluding hydrogens is 346 g/mol. The number of carbonyl (C=O) groups excluding carboxylic acids is 2. The van der Waals surface area contributed by atoms with Crippen molar-refractivity contribution in [1.82, 2.24) is 5.32 Å². The Bertz CT molecular complexity index is 835. The Hall–Kier alpha value is -2.93. The van der Waals surface area contributed by atoms with Gasteiger partial charge in [-0.3, -0.25) is 15.1 Å². The van der Waals surface area contributed by atoms with Crippen molar-refractivity contribution in [3.05, 3.63) is 35.9 Å². The Morgan fingerprint density at radius 1 is 1.33 bits per heavy atom. The predicted octanol–water partition coefficient (Wildman–Crippen LogP) is 3.01. The van der Waals surface area contributed by atoms with Crippen LogP contribution >= 0.6 is 0 Å². The van der Waals surface area contributed by atoms with Gasteiger partial charge in [-0.15, -0.1) is 0 Å². The molecule has 0 aliphatic heterocycles. The number of hydrogen-bond acceptors (Lipinski definition) is 6. The second-order valence-electron chi connectivity index (χ2n) is 6.21. The zero-order chi connectivity index (χ0) is 19.8. The predicted molar refractivity (Wildman–Crippen MR) is 105 cm³/mol. The van der Waals surface area contributed by atoms with E-state index >= 15 is 0 Å². The lowest BCUT2D eigenvalue weighted by molar-refractivity contribution is -0.120. The van der Waals surface area contributed by atoms with Crippen LogP contribution in [0.2, 0.25) is 0 Å². The zero-order valence-electron chi connectivity index (χ0n) is 15.5. The van der Waals surface area contributed by atoms with Crippen molar-refractivity contribution in [3.63, 3.8) is 0 Å². The maximum atomic E-state index is 11.5. The number of hydrogen-bond donors (Lipinski definition) is 4. The number of fused-ring (bicyclic) bond motifs is 1. The van der Waals surface area contributed by atoms with Gasteiger partial charge in [-0.2, -0.15) is 0 Å². The largest absolute Gasteiger partial charge is 0.507 e. The van der Waals surface area contributed by atoms with Crippen molar-refractivity contribution in [1.29, 1.82) is 5.41 Å². The topological polar surface area (TPSA) is 112 Å². The van der Waals surface area contributed by atoms with Crippen molar-refractivity contribution in [2.75, 3.05) is 19.1 Å². The summed E-state index contributed by atoms with van der Waals surface area (Å²) >= 11 is 0. The number of phenolic OH excluding ortho intramolecular Hbond substituents is 1. The average Bonchev–Trinajstić information content (AvgIpc) is 2.68. The maximum Gasteiger partial charge on any atom is 0.219 e. The molecule has 144 valence electrons. The van der Waals surface area contributed by atoms with Crippen LogP contribution in [0, 0.1) is 11.3 Å². The van der Waals surface area contributed by atoms with Gasteiger partial charge in [0, 0.05) is 19.0 Å². The second-order valence-corrected chi connectivity index (χ2v) is 6.21. The van der Waals surface area contributed by atoms with Crippen LogP contribution in [-0.2, 0) is 14.4 Å². The molecule has 0 saturated carbocycles. The molecule has 4 N–H and O–H groups in total. The molecule has 0 spiro atoms. The summed E-state index contributed by atoms with van der Waals surface area (Å²) in [6.45, 7) is 2.59. The molecule has 0 bridgehead atoms. The lowest BCUT2D eigenvalue weighted by atomic mass is 9.89. The molecule has 7 heteroatoms. The van der Waals surface area contributed by atoms with E-state index in [0.717, 1.165) is 17.5 Å². The monoisotopic (exact) mass is 371 g/mol. The fraction of sp³-hybridized carbons (Fsp3) is 0.350. The Balaban J connectivity index is 2.32. The van der Waals surface area contributed by atoms with E-state index in [0.29, 0.717) is 23.8 Å². The van der Waals surface area contributed by atoms with Crippen molar-refractivity contribution in [3.8, 4) is 5.75 Å². The minimum atomic E-state index is -0.774. The normalized spacial score (nSPS) is 11.8. The highest BCUT2D eigenvalue weighted by Gasteiger charge is 2.21. The first-order valence-corrected chi connectivity index (χ1v) is 8.90. The third kappa shape index (κ3) is 5.04. The lowest BCUT2D eigenvalue weighted by Crippen LogP contribution is -2.22. The summed E-state index contributed by atoms with van der Waals surface area (Å²) in [5.74, 6) is -1.04. The highest BCUT2D eigenvalue weighted by Crippen LogP contribution is 2.31. The number of carbonyl (C=O) groups is 2. The van der Waals surface area contributed by atoms with Crippen LogP contribution in [0.25, 0.3) is 10.8 Å². The molecule has 1 amide bonds. The minimum Gasteiger partial charge on any atom is -0.507 e. The molecule has 1 unspecified atom stereocenters. The van der Waals surface area contributed by atoms with Crippen LogP contribution in [0.3, 0.4) is 0 Å². The Kier molecular flexibility index (Phi) is 7.31. The van der Waals surface area contributed by atoms with Crippen molar-refractivity contribution in [2.24, 2.45) is 5.92 Å². The Labute approximate surface area is 158 Å². The van der Waals surface area contributed by atoms with Crippen molar-refractivity contribution < 1.29 is 19.5 Å². The Morgan fingerprint density at radius 3 is 2.78 bits per heavy atom. The van der Waals surface area contributed by atoms with E-state index in [-0.39, 0.29) is 30.2 Å². The molecule has 0 saturated heterocycles. The molecule has 0 aliphatic rings. The van der Waals surface area contributed by atoms with Crippen LogP contribution < -0.4 is 10.8 Å². The van der Waals surface area contributed by atoms with Crippen LogP contribution in [0.4, 0.5) is 5.69 Å². The summed E-state index contributed by atoms with van der Waals surface area (Å²) in [5.41, 5.74) is 3.92. The molecule has 27 heavy (non-hydrogen) atoms. The van der Waals surface area contributed by atoms with Gasteiger partial charge in [0.05, 0.1) is 23.9 Å². The minimum absolute atomic E-state index is 0.0000507. The van der Waals surface area contributed by atoms with E-state index in [9.17, 15) is 14.7 Å². The van der Waals surface area contributed by atoms with Crippen molar-refractivity contribution >= 4 is 34.4 Å². The van der Waals surface area contributed by atoms with E-state index in [1.54, 1.807) is 18.2 Å². The summed E-state index contributed by atoms with van der Waals surface area (Å²) in [5, 5.41) is 22.7. The second kappa shape index (κ2) is 9.68. The zero-order valence-corrected chi connectivity index (χ0v) is 15.5. The first-order chi connectivity index (χ1) is 13.0. The van der Waals surface area contributed by atoms with Crippen LogP contribution in [-0.4, -0.2) is 36.7 Å². The van der Waals surface area contributed by atoms with E-state index in [1.165, 1.54) is 13.1 Å². The van der Waals surface area contributed by atoms with E-state index in [2.05, 4.69) is 10.8 Å². The van der Waals surface area contributed by atoms with Gasteiger partial charge in [-0.05, 0) is 41.8 Å². The van der Waals surface area contributed by atoms with Gasteiger partial charge in [0.1, 0.15) is 12.0 Å². The summed E-state index contributed by atoms with van der Waals surface area (Å²) < 4.78 is 0. The number of nitrogens with one attached hydrogen (secondary N) is 3. The third-order valence-corrected chi connectivity index (χ3v) is 4.26. The molecule has 2 aromatic rings. The van der Waals surface area contributed by atoms with Crippen molar-refractivity contribution in [2.45, 2.75) is 26.2 Å². The molecule has 0 radical (unpaired) electrons. The van der Waals surface area contributed by atoms with Gasteiger partial charge >= 0.3 is 0 Å². The standard InChI is InChI=1S/C20H25N3O4/c1-3-10-27-23-15-6-7-16-13(11-15)4-8-17(25)19(16)20(21)14(12-24)5-9-18(26)22-2/h4,6-8,11-12,14,21,23,25H,3,5,9-10H2,1-2H3,(H,22,26). The maximum absolute atomic E-state index is 11.5. The van der Waals surface area contributed by atoms with E-state index in [1.807, 2.05) is 13.0 Å². The van der Waals surface area contributed by atoms with Gasteiger partial charge in [0.25, 0.3) is 0 Å². The first-order valence-electron chi connectivity index (χ1n) is 8.90. The third-order valence-electron chi connectivity index (χ3n) is 4.26. The number of anilines is 1. The summed E-state index contributed by atoms with van der Waals surface area (Å²) in [4.78, 5) is 28.3. The SMILES string of the molecule is CCCONc1ccc2c(C(=N)C(C=O)CCC(=O)NC)c(O)ccc2c1. The number of phenols is 1. The van der Waals surface area contributed by atoms with Gasteiger partial charge in [-0.25, -0.2) is 0 Å². The van der Waals surface area contributed by atoms with E-state index < -0.39 is 5.92 Å². The molecular formula is C20H25N3O4. The fourth-order valence-electron chi connectivity index (χ4n) is 2.78. The summed E-state index contributed by atoms with van der Waals surface area (Å²) in [6, 6.07) is 8.66. The van der Waals surface area contributed by atoms with Gasteiger partial charge in [0.2, 0.25) is 5.91 Å². The Morgan fingerprint density at radius 2 is 2.11 bits per heavy atom. The number of amides is 1. The molecule has 0 heterocycles. The molecule has 0 aromatic heterocycles. The first kappa shape index (κ1) is 20.4. The smallest absolute Gasteiger partial charge is 0.219 e. The molecule has 0 aliphatic carbocycles. The van der Waals surface area contributed by atoms with Crippen LogP contribution in [0.5, 0.6) is 5.75 Å². The highest BCUT2D eigenvalue weighted by atomic mass is 16.6. The fourth-order valence-corrected chi connectivity index (χ4v) is 2.78. The van der Waals surface area contributed by atoms with E-state index in [4.69, 9.17) is 10.2 Å². The quantitative estimate of drug-likeness (QED) is 0.222. The molecule has 1 atom stereocenters. The van der Waals surface area contributed by atoms with Gasteiger partial charge < -0.3 is 20.6 Å². The highest BCUT2D eigenvalue weighted by molar-refractivity contribution is 6.16. The number of benzene rings is 2. The summed E-state index contributed by atoms with van der Waals surface area (Å²) in [6.07, 6.45) is 1.88. The lowest BCUT2D eigenvalue weighted by Gasteiger charge is -2.16. The molecule has 2 rings (SSSR count). The van der Waals surface area contributed by atoms with Gasteiger partial charge in [-0.1, -0.05) is 19.1 Å². The van der Waals surface area contributed by atoms with Gasteiger partial charge in [0.15, 0.2) is 0 Å². The molecule has 2 aromatic carbocycles. The summed E-state index contributed by atoms with van der Waals surface area (Å²) in [7, 11) is 1.52. The number of aldehydes is 1. The molecule has 0 fully saturated rings. The average molecular weight is 371 g/mol. The molecule has 7 nitrogen and oxygen atoms in total. The number of aromatic hydroxyl groups is 1. The number of rotatable bonds is 10. The van der Waals surface area contributed by atoms with Crippen LogP contribution in [0.15, 0.2) is 30.3 Å². The van der Waals surface area contributed by atoms with Crippen LogP contribution in [0.1, 0.15) is 31.7 Å².